The second-order valence-corrected chi connectivity index (χ2v) is 5.24. The summed E-state index contributed by atoms with van der Waals surface area (Å²) in [6, 6.07) is 3.19. The number of halogens is 1. The fraction of sp³-hybridized carbons (Fsp3) is 0.615. The van der Waals surface area contributed by atoms with Gasteiger partial charge in [0.25, 0.3) is 5.91 Å². The average molecular weight is 286 g/mol. The second kappa shape index (κ2) is 5.53. The number of carbonyl (C=O) groups excluding carboxylic acids is 1. The number of carbonyl (C=O) groups is 1. The number of rotatable bonds is 2. The van der Waals surface area contributed by atoms with Crippen LogP contribution in [0.5, 0.6) is 0 Å². The van der Waals surface area contributed by atoms with E-state index in [-0.39, 0.29) is 23.3 Å². The number of amides is 1. The standard InChI is InChI=1S/C13H16ClNO4/c14-11-4-3-10(19-11)12(16)15-5-1-2-9(8-15)13-17-6-7-18-13/h3-4,9,13H,1-2,5-8H2. The lowest BCUT2D eigenvalue weighted by atomic mass is 9.97. The van der Waals surface area contributed by atoms with E-state index < -0.39 is 0 Å². The molecule has 0 radical (unpaired) electrons. The second-order valence-electron chi connectivity index (χ2n) is 4.87. The minimum absolute atomic E-state index is 0.116. The number of ether oxygens (including phenoxy) is 2. The van der Waals surface area contributed by atoms with E-state index in [9.17, 15) is 4.79 Å². The Morgan fingerprint density at radius 2 is 2.11 bits per heavy atom. The Bertz CT molecular complexity index is 455. The van der Waals surface area contributed by atoms with E-state index in [0.717, 1.165) is 19.4 Å². The lowest BCUT2D eigenvalue weighted by Gasteiger charge is -2.34. The zero-order valence-electron chi connectivity index (χ0n) is 10.5. The van der Waals surface area contributed by atoms with Gasteiger partial charge in [-0.25, -0.2) is 0 Å². The van der Waals surface area contributed by atoms with Crippen molar-refractivity contribution in [1.29, 1.82) is 0 Å². The lowest BCUT2D eigenvalue weighted by Crippen LogP contribution is -2.43. The number of likely N-dealkylation sites (tertiary alicyclic amines) is 1. The van der Waals surface area contributed by atoms with Crippen LogP contribution in [-0.2, 0) is 9.47 Å². The minimum Gasteiger partial charge on any atom is -0.440 e. The highest BCUT2D eigenvalue weighted by molar-refractivity contribution is 6.29. The summed E-state index contributed by atoms with van der Waals surface area (Å²) in [6.45, 7) is 2.66. The maximum Gasteiger partial charge on any atom is 0.289 e. The number of hydrogen-bond donors (Lipinski definition) is 0. The minimum atomic E-state index is -0.171. The molecular weight excluding hydrogens is 270 g/mol. The van der Waals surface area contributed by atoms with Gasteiger partial charge in [-0.2, -0.15) is 0 Å². The SMILES string of the molecule is O=C(c1ccc(Cl)o1)N1CCCC(C2OCCO2)C1. The summed E-state index contributed by atoms with van der Waals surface area (Å²) in [7, 11) is 0. The van der Waals surface area contributed by atoms with E-state index >= 15 is 0 Å². The Morgan fingerprint density at radius 1 is 1.32 bits per heavy atom. The van der Waals surface area contributed by atoms with Crippen LogP contribution >= 0.6 is 11.6 Å². The zero-order valence-corrected chi connectivity index (χ0v) is 11.3. The summed E-state index contributed by atoms with van der Waals surface area (Å²) in [4.78, 5) is 14.1. The molecule has 1 aromatic heterocycles. The summed E-state index contributed by atoms with van der Waals surface area (Å²) in [6.07, 6.45) is 1.80. The monoisotopic (exact) mass is 285 g/mol. The highest BCUT2D eigenvalue weighted by Crippen LogP contribution is 2.26. The number of hydrogen-bond acceptors (Lipinski definition) is 4. The van der Waals surface area contributed by atoms with Crippen molar-refractivity contribution in [2.45, 2.75) is 19.1 Å². The van der Waals surface area contributed by atoms with Crippen molar-refractivity contribution >= 4 is 17.5 Å². The third-order valence-corrected chi connectivity index (χ3v) is 3.76. The predicted octanol–water partition coefficient (Wildman–Crippen LogP) is 2.16. The van der Waals surface area contributed by atoms with E-state index in [1.807, 2.05) is 0 Å². The van der Waals surface area contributed by atoms with Crippen LogP contribution in [0.15, 0.2) is 16.5 Å². The smallest absolute Gasteiger partial charge is 0.289 e. The van der Waals surface area contributed by atoms with Gasteiger partial charge in [-0.1, -0.05) is 0 Å². The molecule has 0 spiro atoms. The molecular formula is C13H16ClNO4. The summed E-state index contributed by atoms with van der Waals surface area (Å²) in [5.74, 6) is 0.416. The van der Waals surface area contributed by atoms with Crippen molar-refractivity contribution < 1.29 is 18.7 Å². The van der Waals surface area contributed by atoms with Crippen molar-refractivity contribution in [3.8, 4) is 0 Å². The molecule has 5 nitrogen and oxygen atoms in total. The van der Waals surface area contributed by atoms with E-state index in [1.165, 1.54) is 0 Å². The topological polar surface area (TPSA) is 51.9 Å². The first-order valence-electron chi connectivity index (χ1n) is 6.52. The van der Waals surface area contributed by atoms with E-state index in [0.29, 0.717) is 25.5 Å². The fourth-order valence-electron chi connectivity index (χ4n) is 2.65. The maximum atomic E-state index is 12.3. The molecule has 104 valence electrons. The lowest BCUT2D eigenvalue weighted by molar-refractivity contribution is -0.0970. The summed E-state index contributed by atoms with van der Waals surface area (Å²) in [5, 5.41) is 0.236. The van der Waals surface area contributed by atoms with Gasteiger partial charge in [0.05, 0.1) is 13.2 Å². The molecule has 3 rings (SSSR count). The third kappa shape index (κ3) is 2.78. The normalized spacial score (nSPS) is 24.9. The van der Waals surface area contributed by atoms with Crippen molar-refractivity contribution in [3.05, 3.63) is 23.1 Å². The molecule has 0 bridgehead atoms. The highest BCUT2D eigenvalue weighted by atomic mass is 35.5. The Kier molecular flexibility index (Phi) is 3.77. The highest BCUT2D eigenvalue weighted by Gasteiger charge is 2.33. The number of piperidine rings is 1. The van der Waals surface area contributed by atoms with Crippen LogP contribution < -0.4 is 0 Å². The van der Waals surface area contributed by atoms with Crippen LogP contribution in [0, 0.1) is 5.92 Å². The van der Waals surface area contributed by atoms with Gasteiger partial charge in [-0.3, -0.25) is 4.79 Å². The molecule has 2 aliphatic heterocycles. The maximum absolute atomic E-state index is 12.3. The first-order valence-corrected chi connectivity index (χ1v) is 6.89. The van der Waals surface area contributed by atoms with Gasteiger partial charge in [0.1, 0.15) is 0 Å². The van der Waals surface area contributed by atoms with Crippen LogP contribution in [0.4, 0.5) is 0 Å². The quantitative estimate of drug-likeness (QED) is 0.835. The molecule has 0 aromatic carbocycles. The molecule has 0 aliphatic carbocycles. The van der Waals surface area contributed by atoms with Crippen molar-refractivity contribution in [3.63, 3.8) is 0 Å². The van der Waals surface area contributed by atoms with E-state index in [2.05, 4.69) is 0 Å². The van der Waals surface area contributed by atoms with Crippen LogP contribution in [0.25, 0.3) is 0 Å². The van der Waals surface area contributed by atoms with Crippen LogP contribution in [0.2, 0.25) is 5.22 Å². The first kappa shape index (κ1) is 13.0. The molecule has 0 saturated carbocycles. The molecule has 2 aliphatic rings. The molecule has 1 amide bonds. The van der Waals surface area contributed by atoms with Gasteiger partial charge in [-0.05, 0) is 36.6 Å². The number of furan rings is 1. The summed E-state index contributed by atoms with van der Waals surface area (Å²) in [5.41, 5.74) is 0. The average Bonchev–Trinajstić information content (AvgIpc) is 3.09. The number of nitrogens with zero attached hydrogens (tertiary/aromatic N) is 1. The van der Waals surface area contributed by atoms with Gasteiger partial charge in [0.15, 0.2) is 17.3 Å². The van der Waals surface area contributed by atoms with E-state index in [1.54, 1.807) is 17.0 Å². The van der Waals surface area contributed by atoms with Crippen molar-refractivity contribution in [2.24, 2.45) is 5.92 Å². The Balaban J connectivity index is 1.65. The third-order valence-electron chi connectivity index (χ3n) is 3.56. The molecule has 2 saturated heterocycles. The van der Waals surface area contributed by atoms with Crippen LogP contribution in [0.1, 0.15) is 23.4 Å². The van der Waals surface area contributed by atoms with Crippen molar-refractivity contribution in [1.82, 2.24) is 4.90 Å². The van der Waals surface area contributed by atoms with E-state index in [4.69, 9.17) is 25.5 Å². The zero-order chi connectivity index (χ0) is 13.2. The van der Waals surface area contributed by atoms with Gasteiger partial charge < -0.3 is 18.8 Å². The molecule has 2 fully saturated rings. The fourth-order valence-corrected chi connectivity index (χ4v) is 2.80. The van der Waals surface area contributed by atoms with Crippen LogP contribution in [0.3, 0.4) is 0 Å². The molecule has 19 heavy (non-hydrogen) atoms. The largest absolute Gasteiger partial charge is 0.440 e. The van der Waals surface area contributed by atoms with Gasteiger partial charge >= 0.3 is 0 Å². The van der Waals surface area contributed by atoms with Crippen LogP contribution in [-0.4, -0.2) is 43.4 Å². The molecule has 1 aromatic rings. The van der Waals surface area contributed by atoms with Gasteiger partial charge in [0, 0.05) is 19.0 Å². The summed E-state index contributed by atoms with van der Waals surface area (Å²) < 4.78 is 16.2. The molecule has 1 unspecified atom stereocenters. The van der Waals surface area contributed by atoms with Gasteiger partial charge in [-0.15, -0.1) is 0 Å². The Labute approximate surface area is 116 Å². The molecule has 3 heterocycles. The molecule has 1 atom stereocenters. The molecule has 0 N–H and O–H groups in total. The van der Waals surface area contributed by atoms with Gasteiger partial charge in [0.2, 0.25) is 0 Å². The summed E-state index contributed by atoms with van der Waals surface area (Å²) >= 11 is 5.70. The predicted molar refractivity (Wildman–Crippen MR) is 68.0 cm³/mol. The molecule has 6 heteroatoms. The Morgan fingerprint density at radius 3 is 2.79 bits per heavy atom. The Hall–Kier alpha value is -1.04. The van der Waals surface area contributed by atoms with Crippen molar-refractivity contribution in [2.75, 3.05) is 26.3 Å². The first-order chi connectivity index (χ1) is 9.24.